The first-order valence-corrected chi connectivity index (χ1v) is 1.47. The Hall–Kier alpha value is 1.02. The van der Waals surface area contributed by atoms with Gasteiger partial charge in [0.25, 0.3) is 0 Å². The Morgan fingerprint density at radius 1 is 1.75 bits per heavy atom. The molecule has 0 rings (SSSR count). The summed E-state index contributed by atoms with van der Waals surface area (Å²) >= 11 is 1.48. The minimum absolute atomic E-state index is 0. The minimum Gasteiger partial charge on any atom is -0.531 e. The molecule has 0 aromatic rings. The molecule has 4 heavy (non-hydrogen) atoms. The fraction of sp³-hybridized carbons (Fsp3) is 0. The molecular formula is CIORh-. The largest absolute Gasteiger partial charge is 0.531 e. The van der Waals surface area contributed by atoms with Crippen molar-refractivity contribution < 1.29 is 24.3 Å². The second kappa shape index (κ2) is 8.98. The summed E-state index contributed by atoms with van der Waals surface area (Å²) in [5, 5.41) is 0. The summed E-state index contributed by atoms with van der Waals surface area (Å²) < 4.78 is 1.47. The summed E-state index contributed by atoms with van der Waals surface area (Å²) in [6.07, 6.45) is 0. The third-order valence-electron chi connectivity index (χ3n) is 0. The summed E-state index contributed by atoms with van der Waals surface area (Å²) in [6.45, 7) is 0. The molecule has 0 atom stereocenters. The second-order valence-electron chi connectivity index (χ2n) is 0.0772. The number of hydrogen-bond acceptors (Lipinski definition) is 1. The third kappa shape index (κ3) is 11.8. The van der Waals surface area contributed by atoms with E-state index in [0.717, 1.165) is 0 Å². The van der Waals surface area contributed by atoms with E-state index in [1.165, 1.54) is 26.9 Å². The van der Waals surface area contributed by atoms with Gasteiger partial charge in [0.2, 0.25) is 0 Å². The van der Waals surface area contributed by atoms with Gasteiger partial charge in [-0.3, -0.25) is 22.6 Å². The second-order valence-corrected chi connectivity index (χ2v) is 0.518. The Morgan fingerprint density at radius 3 is 1.75 bits per heavy atom. The van der Waals surface area contributed by atoms with Crippen LogP contribution in [0.25, 0.3) is 0 Å². The van der Waals surface area contributed by atoms with Crippen molar-refractivity contribution in [3.63, 3.8) is 0 Å². The summed E-state index contributed by atoms with van der Waals surface area (Å²) in [6, 6.07) is 0. The molecule has 0 unspecified atom stereocenters. The maximum atomic E-state index is 8.67. The Morgan fingerprint density at radius 2 is 1.75 bits per heavy atom. The first kappa shape index (κ1) is 8.90. The Bertz CT molecular complexity index is 15.5. The van der Waals surface area contributed by atoms with Crippen molar-refractivity contribution >= 4 is 26.9 Å². The quantitative estimate of drug-likeness (QED) is 0.267. The number of halogens is 1. The Kier molecular flexibility index (Phi) is 20.0. The number of hydrogen-bond donors (Lipinski definition) is 0. The van der Waals surface area contributed by atoms with Crippen molar-refractivity contribution in [2.24, 2.45) is 0 Å². The van der Waals surface area contributed by atoms with Gasteiger partial charge < -0.3 is 4.79 Å². The molecular weight excluding hydrogens is 258 g/mol. The molecule has 0 bridgehead atoms. The van der Waals surface area contributed by atoms with E-state index in [4.69, 9.17) is 4.79 Å². The number of carbonyl (C=O) groups excluding carboxylic acids is 1. The molecule has 0 aliphatic rings. The molecule has 1 nitrogen and oxygen atoms in total. The van der Waals surface area contributed by atoms with Crippen molar-refractivity contribution in [1.29, 1.82) is 0 Å². The summed E-state index contributed by atoms with van der Waals surface area (Å²) in [5.74, 6) is 0. The van der Waals surface area contributed by atoms with Gasteiger partial charge in [0.1, 0.15) is 0 Å². The van der Waals surface area contributed by atoms with Crippen LogP contribution in [0.1, 0.15) is 0 Å². The zero-order chi connectivity index (χ0) is 2.71. The molecule has 0 aromatic heterocycles. The van der Waals surface area contributed by atoms with Crippen LogP contribution in [0.15, 0.2) is 0 Å². The fourth-order valence-corrected chi connectivity index (χ4v) is 0. The van der Waals surface area contributed by atoms with Crippen molar-refractivity contribution in [2.45, 2.75) is 0 Å². The molecule has 0 N–H and O–H groups in total. The maximum absolute atomic E-state index is 8.67. The average Bonchev–Trinajstić information content (AvgIpc) is 0.918. The van der Waals surface area contributed by atoms with Crippen LogP contribution in [0, 0.1) is 0 Å². The summed E-state index contributed by atoms with van der Waals surface area (Å²) in [7, 11) is 0. The van der Waals surface area contributed by atoms with Gasteiger partial charge in [-0.05, 0) is 0 Å². The molecule has 0 aliphatic carbocycles. The van der Waals surface area contributed by atoms with Crippen LogP contribution in [0.5, 0.6) is 0 Å². The fourth-order valence-electron chi connectivity index (χ4n) is 0. The zero-order valence-electron chi connectivity index (χ0n) is 1.62. The van der Waals surface area contributed by atoms with Gasteiger partial charge in [0, 0.05) is 19.5 Å². The third-order valence-corrected chi connectivity index (χ3v) is 0. The van der Waals surface area contributed by atoms with E-state index in [9.17, 15) is 0 Å². The van der Waals surface area contributed by atoms with Crippen molar-refractivity contribution in [3.05, 3.63) is 0 Å². The normalized spacial score (nSPS) is 3.25. The van der Waals surface area contributed by atoms with E-state index < -0.39 is 0 Å². The molecule has 1 radical (unpaired) electrons. The predicted octanol–water partition coefficient (Wildman–Crippen LogP) is 0.486. The molecule has 0 aliphatic heterocycles. The standard InChI is InChI=1S/CIO.Rh/c2-1-3;/q-1;. The van der Waals surface area contributed by atoms with Gasteiger partial charge in [-0.15, -0.1) is 0 Å². The average molecular weight is 258 g/mol. The van der Waals surface area contributed by atoms with E-state index in [1.807, 2.05) is 0 Å². The summed E-state index contributed by atoms with van der Waals surface area (Å²) in [4.78, 5) is 8.67. The first-order valence-electron chi connectivity index (χ1n) is 0.393. The first-order chi connectivity index (χ1) is 1.41. The molecule has 0 saturated carbocycles. The Labute approximate surface area is 51.0 Å². The molecule has 0 fully saturated rings. The van der Waals surface area contributed by atoms with Crippen LogP contribution < -0.4 is 0 Å². The van der Waals surface area contributed by atoms with E-state index in [-0.39, 0.29) is 19.5 Å². The monoisotopic (exact) mass is 258 g/mol. The zero-order valence-corrected chi connectivity index (χ0v) is 5.42. The van der Waals surface area contributed by atoms with Crippen LogP contribution in [0.2, 0.25) is 0 Å². The molecule has 0 aromatic carbocycles. The van der Waals surface area contributed by atoms with Gasteiger partial charge in [0.15, 0.2) is 0 Å². The van der Waals surface area contributed by atoms with Crippen LogP contribution in [-0.4, -0.2) is 4.29 Å². The van der Waals surface area contributed by atoms with Gasteiger partial charge in [-0.2, -0.15) is 4.29 Å². The molecule has 0 spiro atoms. The van der Waals surface area contributed by atoms with E-state index in [2.05, 4.69) is 0 Å². The van der Waals surface area contributed by atoms with Crippen molar-refractivity contribution in [2.75, 3.05) is 0 Å². The van der Waals surface area contributed by atoms with E-state index in [1.54, 1.807) is 0 Å². The Balaban J connectivity index is 0. The van der Waals surface area contributed by atoms with Crippen LogP contribution in [0.3, 0.4) is 0 Å². The molecule has 0 saturated heterocycles. The van der Waals surface area contributed by atoms with Crippen molar-refractivity contribution in [1.82, 2.24) is 0 Å². The van der Waals surface area contributed by atoms with E-state index >= 15 is 0 Å². The number of rotatable bonds is 0. The minimum atomic E-state index is 0. The van der Waals surface area contributed by atoms with Gasteiger partial charge in [-0.1, -0.05) is 0 Å². The smallest absolute Gasteiger partial charge is 0 e. The predicted molar refractivity (Wildman–Crippen MR) is 19.7 cm³/mol. The van der Waals surface area contributed by atoms with Crippen LogP contribution >= 0.6 is 22.6 Å². The van der Waals surface area contributed by atoms with Gasteiger partial charge >= 0.3 is 0 Å². The SMILES string of the molecule is O=[C-]I.[Rh]. The van der Waals surface area contributed by atoms with Crippen LogP contribution in [0.4, 0.5) is 0 Å². The molecule has 0 amide bonds. The molecule has 0 heterocycles. The molecule has 27 valence electrons. The van der Waals surface area contributed by atoms with Gasteiger partial charge in [-0.25, -0.2) is 0 Å². The van der Waals surface area contributed by atoms with Gasteiger partial charge in [0.05, 0.1) is 0 Å². The van der Waals surface area contributed by atoms with E-state index in [0.29, 0.717) is 0 Å². The molecule has 3 heteroatoms. The van der Waals surface area contributed by atoms with Crippen molar-refractivity contribution in [3.8, 4) is 0 Å². The summed E-state index contributed by atoms with van der Waals surface area (Å²) in [5.41, 5.74) is 0. The van der Waals surface area contributed by atoms with Crippen LogP contribution in [-0.2, 0) is 24.3 Å². The topological polar surface area (TPSA) is 17.1 Å². The maximum Gasteiger partial charge on any atom is 0 e.